The quantitative estimate of drug-likeness (QED) is 0.840. The second-order valence-electron chi connectivity index (χ2n) is 6.82. The van der Waals surface area contributed by atoms with Crippen LogP contribution in [-0.2, 0) is 4.74 Å². The summed E-state index contributed by atoms with van der Waals surface area (Å²) in [6.45, 7) is 4.21. The first-order valence-corrected chi connectivity index (χ1v) is 8.38. The summed E-state index contributed by atoms with van der Waals surface area (Å²) in [5.74, 6) is -0.0860. The zero-order valence-corrected chi connectivity index (χ0v) is 14.0. The van der Waals surface area contributed by atoms with Gasteiger partial charge in [-0.15, -0.1) is 0 Å². The molecule has 3 rings (SSSR count). The molecule has 1 aromatic carbocycles. The molecule has 3 nitrogen and oxygen atoms in total. The van der Waals surface area contributed by atoms with Crippen molar-refractivity contribution in [3.63, 3.8) is 0 Å². The molecule has 1 heterocycles. The summed E-state index contributed by atoms with van der Waals surface area (Å²) in [6, 6.07) is 4.66. The predicted molar refractivity (Wildman–Crippen MR) is 90.6 cm³/mol. The van der Waals surface area contributed by atoms with Crippen molar-refractivity contribution in [2.45, 2.75) is 57.6 Å². The second kappa shape index (κ2) is 6.44. The Kier molecular flexibility index (Phi) is 4.53. The molecule has 4 heteroatoms. The lowest BCUT2D eigenvalue weighted by Crippen LogP contribution is -2.31. The molecule has 2 atom stereocenters. The molecular formula is C19H24FNO2. The Morgan fingerprint density at radius 1 is 1.26 bits per heavy atom. The van der Waals surface area contributed by atoms with Crippen LogP contribution in [-0.4, -0.2) is 17.8 Å². The van der Waals surface area contributed by atoms with Gasteiger partial charge in [-0.1, -0.05) is 19.9 Å². The number of nitrogens with zero attached hydrogens (tertiary/aromatic N) is 1. The first kappa shape index (κ1) is 16.2. The monoisotopic (exact) mass is 317 g/mol. The van der Waals surface area contributed by atoms with Crippen LogP contribution < -0.4 is 5.56 Å². The number of halogens is 1. The van der Waals surface area contributed by atoms with E-state index in [0.717, 1.165) is 36.6 Å². The van der Waals surface area contributed by atoms with Crippen LogP contribution in [0.1, 0.15) is 57.1 Å². The van der Waals surface area contributed by atoms with Gasteiger partial charge in [0.05, 0.1) is 11.5 Å². The largest absolute Gasteiger partial charge is 0.381 e. The van der Waals surface area contributed by atoms with Gasteiger partial charge in [0.2, 0.25) is 0 Å². The van der Waals surface area contributed by atoms with Crippen molar-refractivity contribution in [1.29, 1.82) is 0 Å². The highest BCUT2D eigenvalue weighted by Crippen LogP contribution is 2.31. The minimum absolute atomic E-state index is 0.0920. The summed E-state index contributed by atoms with van der Waals surface area (Å²) < 4.78 is 21.0. The highest BCUT2D eigenvalue weighted by atomic mass is 19.1. The maximum Gasteiger partial charge on any atom is 0.258 e. The minimum atomic E-state index is -0.361. The average molecular weight is 317 g/mol. The molecule has 0 aliphatic heterocycles. The van der Waals surface area contributed by atoms with E-state index in [1.54, 1.807) is 13.2 Å². The topological polar surface area (TPSA) is 31.2 Å². The molecule has 2 aromatic rings. The van der Waals surface area contributed by atoms with E-state index in [-0.39, 0.29) is 29.4 Å². The lowest BCUT2D eigenvalue weighted by atomic mass is 9.91. The fourth-order valence-corrected chi connectivity index (χ4v) is 3.68. The number of pyridine rings is 1. The molecule has 23 heavy (non-hydrogen) atoms. The first-order valence-electron chi connectivity index (χ1n) is 8.38. The van der Waals surface area contributed by atoms with E-state index in [2.05, 4.69) is 13.8 Å². The molecule has 0 spiro atoms. The summed E-state index contributed by atoms with van der Waals surface area (Å²) in [4.78, 5) is 12.9. The molecule has 124 valence electrons. The van der Waals surface area contributed by atoms with Crippen LogP contribution in [0.25, 0.3) is 10.8 Å². The number of methoxy groups -OCH3 is 1. The van der Waals surface area contributed by atoms with E-state index in [4.69, 9.17) is 4.74 Å². The third-order valence-electron chi connectivity index (χ3n) is 4.98. The highest BCUT2D eigenvalue weighted by Gasteiger charge is 2.25. The zero-order valence-electron chi connectivity index (χ0n) is 14.0. The van der Waals surface area contributed by atoms with E-state index >= 15 is 0 Å². The summed E-state index contributed by atoms with van der Waals surface area (Å²) >= 11 is 0. The fraction of sp³-hybridized carbons (Fsp3) is 0.526. The number of hydrogen-bond acceptors (Lipinski definition) is 2. The maximum absolute atomic E-state index is 13.7. The molecule has 0 saturated heterocycles. The van der Waals surface area contributed by atoms with Gasteiger partial charge in [0.25, 0.3) is 5.56 Å². The molecule has 1 aliphatic rings. The van der Waals surface area contributed by atoms with Crippen LogP contribution in [0, 0.1) is 5.82 Å². The Morgan fingerprint density at radius 3 is 2.74 bits per heavy atom. The average Bonchev–Trinajstić information content (AvgIpc) is 2.55. The molecule has 0 N–H and O–H groups in total. The van der Waals surface area contributed by atoms with E-state index in [0.29, 0.717) is 5.39 Å². The highest BCUT2D eigenvalue weighted by molar-refractivity contribution is 5.85. The van der Waals surface area contributed by atoms with Gasteiger partial charge in [-0.2, -0.15) is 0 Å². The Morgan fingerprint density at radius 2 is 2.04 bits per heavy atom. The Labute approximate surface area is 136 Å². The molecule has 2 unspecified atom stereocenters. The van der Waals surface area contributed by atoms with E-state index < -0.39 is 0 Å². The first-order chi connectivity index (χ1) is 11.0. The predicted octanol–water partition coefficient (Wildman–Crippen LogP) is 4.39. The van der Waals surface area contributed by atoms with E-state index in [9.17, 15) is 9.18 Å². The van der Waals surface area contributed by atoms with Gasteiger partial charge < -0.3 is 9.30 Å². The molecule has 1 aliphatic carbocycles. The third kappa shape index (κ3) is 3.05. The maximum atomic E-state index is 13.7. The number of ether oxygens (including phenoxy) is 1. The van der Waals surface area contributed by atoms with Crippen LogP contribution in [0.5, 0.6) is 0 Å². The van der Waals surface area contributed by atoms with E-state index in [1.807, 2.05) is 10.8 Å². The van der Waals surface area contributed by atoms with Crippen LogP contribution in [0.3, 0.4) is 0 Å². The summed E-state index contributed by atoms with van der Waals surface area (Å²) in [6.07, 6.45) is 6.09. The lowest BCUT2D eigenvalue weighted by molar-refractivity contribution is 0.0525. The van der Waals surface area contributed by atoms with Gasteiger partial charge in [-0.3, -0.25) is 4.79 Å². The summed E-state index contributed by atoms with van der Waals surface area (Å²) in [5, 5.41) is 1.34. The number of rotatable bonds is 3. The number of fused-ring (bicyclic) bond motifs is 1. The normalized spacial score (nSPS) is 22.0. The van der Waals surface area contributed by atoms with E-state index in [1.165, 1.54) is 12.1 Å². The van der Waals surface area contributed by atoms with Gasteiger partial charge in [-0.05, 0) is 54.7 Å². The lowest BCUT2D eigenvalue weighted by Gasteiger charge is -2.30. The van der Waals surface area contributed by atoms with Crippen molar-refractivity contribution in [2.24, 2.45) is 0 Å². The molecule has 1 aromatic heterocycles. The molecular weight excluding hydrogens is 293 g/mol. The Balaban J connectivity index is 2.17. The second-order valence-corrected chi connectivity index (χ2v) is 6.82. The van der Waals surface area contributed by atoms with Crippen LogP contribution in [0.2, 0.25) is 0 Å². The fourth-order valence-electron chi connectivity index (χ4n) is 3.68. The SMILES string of the molecule is COC1CCCC(n2cc(C(C)C)c3ccc(F)cc3c2=O)C1. The summed E-state index contributed by atoms with van der Waals surface area (Å²) in [5.41, 5.74) is 1.00. The number of aromatic nitrogens is 1. The van der Waals surface area contributed by atoms with Crippen LogP contribution in [0.15, 0.2) is 29.2 Å². The van der Waals surface area contributed by atoms with Crippen LogP contribution >= 0.6 is 0 Å². The van der Waals surface area contributed by atoms with Crippen molar-refractivity contribution in [3.8, 4) is 0 Å². The van der Waals surface area contributed by atoms with Crippen molar-refractivity contribution in [2.75, 3.05) is 7.11 Å². The minimum Gasteiger partial charge on any atom is -0.381 e. The Bertz CT molecular complexity index is 766. The number of benzene rings is 1. The zero-order chi connectivity index (χ0) is 16.6. The molecule has 0 radical (unpaired) electrons. The van der Waals surface area contributed by atoms with Gasteiger partial charge in [-0.25, -0.2) is 4.39 Å². The molecule has 0 amide bonds. The number of hydrogen-bond donors (Lipinski definition) is 0. The Hall–Kier alpha value is -1.68. The molecule has 0 bridgehead atoms. The standard InChI is InChI=1S/C19H24FNO2/c1-12(2)18-11-21(14-5-4-6-15(10-14)23-3)19(22)17-9-13(20)7-8-16(17)18/h7-9,11-12,14-15H,4-6,10H2,1-3H3. The summed E-state index contributed by atoms with van der Waals surface area (Å²) in [7, 11) is 1.73. The van der Waals surface area contributed by atoms with Gasteiger partial charge in [0.15, 0.2) is 0 Å². The smallest absolute Gasteiger partial charge is 0.258 e. The van der Waals surface area contributed by atoms with Gasteiger partial charge in [0, 0.05) is 19.3 Å². The third-order valence-corrected chi connectivity index (χ3v) is 4.98. The van der Waals surface area contributed by atoms with Crippen molar-refractivity contribution < 1.29 is 9.13 Å². The molecule has 1 saturated carbocycles. The van der Waals surface area contributed by atoms with Crippen LogP contribution in [0.4, 0.5) is 4.39 Å². The van der Waals surface area contributed by atoms with Gasteiger partial charge in [0.1, 0.15) is 5.82 Å². The van der Waals surface area contributed by atoms with Crippen molar-refractivity contribution in [3.05, 3.63) is 46.1 Å². The van der Waals surface area contributed by atoms with Crippen molar-refractivity contribution >= 4 is 10.8 Å². The molecule has 1 fully saturated rings. The van der Waals surface area contributed by atoms with Gasteiger partial charge >= 0.3 is 0 Å². The van der Waals surface area contributed by atoms with Crippen molar-refractivity contribution in [1.82, 2.24) is 4.57 Å².